The van der Waals surface area contributed by atoms with Gasteiger partial charge in [0.05, 0.1) is 5.52 Å². The second-order valence-corrected chi connectivity index (χ2v) is 4.29. The normalized spacial score (nSPS) is 10.6. The molecule has 0 N–H and O–H groups in total. The van der Waals surface area contributed by atoms with E-state index in [4.69, 9.17) is 0 Å². The summed E-state index contributed by atoms with van der Waals surface area (Å²) < 4.78 is 0.580. The summed E-state index contributed by atoms with van der Waals surface area (Å²) in [6.07, 6.45) is 1.76. The van der Waals surface area contributed by atoms with Crippen LogP contribution in [0.25, 0.3) is 22.3 Å². The monoisotopic (exact) mass is 285 g/mol. The van der Waals surface area contributed by atoms with Crippen molar-refractivity contribution >= 4 is 27.0 Å². The first-order chi connectivity index (χ1) is 8.34. The zero-order valence-corrected chi connectivity index (χ0v) is 10.4. The van der Waals surface area contributed by atoms with Gasteiger partial charge in [-0.3, -0.25) is 4.98 Å². The zero-order chi connectivity index (χ0) is 11.7. The molecule has 0 bridgehead atoms. The molecule has 17 heavy (non-hydrogen) atoms. The minimum atomic E-state index is 0.580. The van der Waals surface area contributed by atoms with Crippen LogP contribution in [0.15, 0.2) is 53.4 Å². The fourth-order valence-corrected chi connectivity index (χ4v) is 2.10. The molecule has 0 radical (unpaired) electrons. The minimum absolute atomic E-state index is 0.580. The molecular formula is C13H8BrN3. The minimum Gasteiger partial charge on any atom is -0.252 e. The van der Waals surface area contributed by atoms with Crippen molar-refractivity contribution in [3.8, 4) is 11.3 Å². The highest BCUT2D eigenvalue weighted by Gasteiger charge is 2.08. The molecular weight excluding hydrogens is 278 g/mol. The highest BCUT2D eigenvalue weighted by atomic mass is 79.9. The topological polar surface area (TPSA) is 38.7 Å². The van der Waals surface area contributed by atoms with Gasteiger partial charge in [-0.1, -0.05) is 30.3 Å². The van der Waals surface area contributed by atoms with Crippen molar-refractivity contribution in [2.45, 2.75) is 0 Å². The van der Waals surface area contributed by atoms with E-state index in [2.05, 4.69) is 30.9 Å². The Morgan fingerprint density at radius 3 is 2.53 bits per heavy atom. The number of fused-ring (bicyclic) bond motifs is 1. The highest BCUT2D eigenvalue weighted by molar-refractivity contribution is 9.10. The van der Waals surface area contributed by atoms with Gasteiger partial charge in [-0.2, -0.15) is 0 Å². The maximum Gasteiger partial charge on any atom is 0.197 e. The largest absolute Gasteiger partial charge is 0.252 e. The maximum atomic E-state index is 4.41. The molecule has 0 atom stereocenters. The lowest BCUT2D eigenvalue weighted by Gasteiger charge is -2.04. The van der Waals surface area contributed by atoms with Crippen LogP contribution in [0.2, 0.25) is 0 Å². The number of nitrogens with zero attached hydrogens (tertiary/aromatic N) is 3. The quantitative estimate of drug-likeness (QED) is 0.643. The van der Waals surface area contributed by atoms with Crippen molar-refractivity contribution in [3.05, 3.63) is 53.4 Å². The standard InChI is InChI=1S/C13H8BrN3/c14-13-16-10-7-4-8-15-12(10)11(17-13)9-5-2-1-3-6-9/h1-8H. The molecule has 0 amide bonds. The number of halogens is 1. The van der Waals surface area contributed by atoms with Gasteiger partial charge in [-0.05, 0) is 28.1 Å². The van der Waals surface area contributed by atoms with E-state index in [9.17, 15) is 0 Å². The van der Waals surface area contributed by atoms with E-state index in [1.807, 2.05) is 42.5 Å². The van der Waals surface area contributed by atoms with Gasteiger partial charge >= 0.3 is 0 Å². The molecule has 0 aliphatic heterocycles. The van der Waals surface area contributed by atoms with Gasteiger partial charge in [0.1, 0.15) is 11.2 Å². The van der Waals surface area contributed by atoms with Crippen LogP contribution in [0, 0.1) is 0 Å². The van der Waals surface area contributed by atoms with E-state index in [0.29, 0.717) is 4.73 Å². The number of pyridine rings is 1. The Kier molecular flexibility index (Phi) is 2.57. The average Bonchev–Trinajstić information content (AvgIpc) is 2.39. The van der Waals surface area contributed by atoms with E-state index < -0.39 is 0 Å². The van der Waals surface area contributed by atoms with Crippen LogP contribution in [0.3, 0.4) is 0 Å². The summed E-state index contributed by atoms with van der Waals surface area (Å²) >= 11 is 3.33. The van der Waals surface area contributed by atoms with Crippen molar-refractivity contribution in [1.82, 2.24) is 15.0 Å². The van der Waals surface area contributed by atoms with Crippen LogP contribution in [-0.4, -0.2) is 15.0 Å². The summed E-state index contributed by atoms with van der Waals surface area (Å²) in [5, 5.41) is 0. The fourth-order valence-electron chi connectivity index (χ4n) is 1.74. The van der Waals surface area contributed by atoms with Gasteiger partial charge in [0.15, 0.2) is 4.73 Å². The Bertz CT molecular complexity index is 668. The molecule has 0 aliphatic rings. The third kappa shape index (κ3) is 1.91. The Morgan fingerprint density at radius 2 is 1.71 bits per heavy atom. The van der Waals surface area contributed by atoms with Crippen LogP contribution >= 0.6 is 15.9 Å². The lowest BCUT2D eigenvalue weighted by atomic mass is 10.1. The van der Waals surface area contributed by atoms with E-state index in [-0.39, 0.29) is 0 Å². The zero-order valence-electron chi connectivity index (χ0n) is 8.84. The van der Waals surface area contributed by atoms with Crippen LogP contribution in [0.4, 0.5) is 0 Å². The Hall–Kier alpha value is -1.81. The molecule has 3 nitrogen and oxygen atoms in total. The first-order valence-corrected chi connectivity index (χ1v) is 5.97. The molecule has 0 fully saturated rings. The van der Waals surface area contributed by atoms with Gasteiger partial charge in [-0.15, -0.1) is 0 Å². The molecule has 3 aromatic rings. The molecule has 0 saturated carbocycles. The third-order valence-electron chi connectivity index (χ3n) is 2.47. The van der Waals surface area contributed by atoms with Gasteiger partial charge in [-0.25, -0.2) is 9.97 Å². The van der Waals surface area contributed by atoms with Gasteiger partial charge in [0.2, 0.25) is 0 Å². The number of rotatable bonds is 1. The smallest absolute Gasteiger partial charge is 0.197 e. The van der Waals surface area contributed by atoms with E-state index in [1.54, 1.807) is 6.20 Å². The van der Waals surface area contributed by atoms with Crippen LogP contribution < -0.4 is 0 Å². The molecule has 0 aliphatic carbocycles. The van der Waals surface area contributed by atoms with E-state index in [0.717, 1.165) is 22.3 Å². The molecule has 0 unspecified atom stereocenters. The summed E-state index contributed by atoms with van der Waals surface area (Å²) in [4.78, 5) is 13.1. The summed E-state index contributed by atoms with van der Waals surface area (Å²) in [7, 11) is 0. The van der Waals surface area contributed by atoms with Gasteiger partial charge in [0.25, 0.3) is 0 Å². The SMILES string of the molecule is Brc1nc(-c2ccccc2)c2ncccc2n1. The first kappa shape index (κ1) is 10.4. The van der Waals surface area contributed by atoms with Crippen LogP contribution in [-0.2, 0) is 0 Å². The molecule has 4 heteroatoms. The predicted molar refractivity (Wildman–Crippen MR) is 70.5 cm³/mol. The molecule has 2 heterocycles. The van der Waals surface area contributed by atoms with Gasteiger partial charge < -0.3 is 0 Å². The fraction of sp³-hybridized carbons (Fsp3) is 0. The number of benzene rings is 1. The van der Waals surface area contributed by atoms with Crippen molar-refractivity contribution < 1.29 is 0 Å². The Balaban J connectivity index is 2.36. The first-order valence-electron chi connectivity index (χ1n) is 5.18. The average molecular weight is 286 g/mol. The summed E-state index contributed by atoms with van der Waals surface area (Å²) in [6.45, 7) is 0. The molecule has 1 aromatic carbocycles. The summed E-state index contributed by atoms with van der Waals surface area (Å²) in [5.41, 5.74) is 3.55. The number of aromatic nitrogens is 3. The number of hydrogen-bond acceptors (Lipinski definition) is 3. The van der Waals surface area contributed by atoms with E-state index in [1.165, 1.54) is 0 Å². The summed E-state index contributed by atoms with van der Waals surface area (Å²) in [6, 6.07) is 13.8. The molecule has 2 aromatic heterocycles. The second-order valence-electron chi connectivity index (χ2n) is 3.58. The Morgan fingerprint density at radius 1 is 0.882 bits per heavy atom. The van der Waals surface area contributed by atoms with Gasteiger partial charge in [0, 0.05) is 11.8 Å². The summed E-state index contributed by atoms with van der Waals surface area (Å²) in [5.74, 6) is 0. The van der Waals surface area contributed by atoms with Crippen molar-refractivity contribution in [2.24, 2.45) is 0 Å². The molecule has 3 rings (SSSR count). The predicted octanol–water partition coefficient (Wildman–Crippen LogP) is 3.45. The van der Waals surface area contributed by atoms with E-state index >= 15 is 0 Å². The molecule has 82 valence electrons. The molecule has 0 saturated heterocycles. The highest BCUT2D eigenvalue weighted by Crippen LogP contribution is 2.25. The Labute approximate surface area is 107 Å². The van der Waals surface area contributed by atoms with Crippen molar-refractivity contribution in [1.29, 1.82) is 0 Å². The number of hydrogen-bond donors (Lipinski definition) is 0. The van der Waals surface area contributed by atoms with Crippen LogP contribution in [0.1, 0.15) is 0 Å². The van der Waals surface area contributed by atoms with Crippen molar-refractivity contribution in [3.63, 3.8) is 0 Å². The lowest BCUT2D eigenvalue weighted by Crippen LogP contribution is -1.93. The lowest BCUT2D eigenvalue weighted by molar-refractivity contribution is 1.15. The van der Waals surface area contributed by atoms with Crippen molar-refractivity contribution in [2.75, 3.05) is 0 Å². The van der Waals surface area contributed by atoms with Crippen LogP contribution in [0.5, 0.6) is 0 Å². The maximum absolute atomic E-state index is 4.41. The second kappa shape index (κ2) is 4.22. The molecule has 0 spiro atoms. The third-order valence-corrected chi connectivity index (χ3v) is 2.83.